The van der Waals surface area contributed by atoms with Crippen LogP contribution in [0.15, 0.2) is 54.7 Å². The fourth-order valence-electron chi connectivity index (χ4n) is 3.64. The molecule has 1 amide bonds. The van der Waals surface area contributed by atoms with E-state index in [-0.39, 0.29) is 5.91 Å². The molecule has 0 aliphatic heterocycles. The van der Waals surface area contributed by atoms with Crippen LogP contribution in [0.2, 0.25) is 0 Å². The standard InChI is InChI=1S/C24H30N4O3S/c1-5-27(32(4,30)31)15-9-14-25-24(29)22-17-28(20-10-7-6-8-11-20)26-23(22)21-13-12-18(2)16-19(21)3/h6-8,10-13,16-17H,5,9,14-15H2,1-4H3,(H,25,29). The van der Waals surface area contributed by atoms with E-state index in [1.165, 1.54) is 10.6 Å². The van der Waals surface area contributed by atoms with E-state index in [1.54, 1.807) is 17.8 Å². The number of carbonyl (C=O) groups excluding carboxylic acids is 1. The van der Waals surface area contributed by atoms with Gasteiger partial charge in [-0.05, 0) is 38.0 Å². The second kappa shape index (κ2) is 10.1. The number of aromatic nitrogens is 2. The summed E-state index contributed by atoms with van der Waals surface area (Å²) in [6.45, 7) is 6.98. The van der Waals surface area contributed by atoms with Gasteiger partial charge in [0.15, 0.2) is 0 Å². The molecular weight excluding hydrogens is 424 g/mol. The number of rotatable bonds is 9. The van der Waals surface area contributed by atoms with Gasteiger partial charge in [-0.15, -0.1) is 0 Å². The van der Waals surface area contributed by atoms with Crippen LogP contribution in [-0.2, 0) is 10.0 Å². The summed E-state index contributed by atoms with van der Waals surface area (Å²) in [6, 6.07) is 15.7. The van der Waals surface area contributed by atoms with Crippen LogP contribution in [-0.4, -0.2) is 54.3 Å². The van der Waals surface area contributed by atoms with Gasteiger partial charge in [-0.3, -0.25) is 4.79 Å². The van der Waals surface area contributed by atoms with Crippen LogP contribution in [0.4, 0.5) is 0 Å². The number of sulfonamides is 1. The smallest absolute Gasteiger partial charge is 0.255 e. The lowest BCUT2D eigenvalue weighted by molar-refractivity contribution is 0.0953. The molecule has 1 aromatic heterocycles. The lowest BCUT2D eigenvalue weighted by Crippen LogP contribution is -2.33. The van der Waals surface area contributed by atoms with Gasteiger partial charge in [0.2, 0.25) is 10.0 Å². The van der Waals surface area contributed by atoms with Crippen molar-refractivity contribution in [3.8, 4) is 16.9 Å². The van der Waals surface area contributed by atoms with Crippen molar-refractivity contribution < 1.29 is 13.2 Å². The number of hydrogen-bond acceptors (Lipinski definition) is 4. The van der Waals surface area contributed by atoms with Gasteiger partial charge in [-0.1, -0.05) is 48.9 Å². The highest BCUT2D eigenvalue weighted by molar-refractivity contribution is 7.88. The Morgan fingerprint density at radius 3 is 2.47 bits per heavy atom. The molecule has 0 spiro atoms. The van der Waals surface area contributed by atoms with Crippen LogP contribution in [0, 0.1) is 13.8 Å². The van der Waals surface area contributed by atoms with Crippen molar-refractivity contribution in [2.24, 2.45) is 0 Å². The molecule has 0 saturated heterocycles. The van der Waals surface area contributed by atoms with E-state index in [0.29, 0.717) is 37.3 Å². The number of hydrogen-bond donors (Lipinski definition) is 1. The average Bonchev–Trinajstić information content (AvgIpc) is 3.18. The normalized spacial score (nSPS) is 11.7. The molecule has 0 bridgehead atoms. The second-order valence-corrected chi connectivity index (χ2v) is 9.84. The molecule has 0 aliphatic carbocycles. The third kappa shape index (κ3) is 5.63. The minimum atomic E-state index is -3.24. The summed E-state index contributed by atoms with van der Waals surface area (Å²) in [5.74, 6) is -0.232. The van der Waals surface area contributed by atoms with E-state index in [4.69, 9.17) is 5.10 Å². The second-order valence-electron chi connectivity index (χ2n) is 7.85. The summed E-state index contributed by atoms with van der Waals surface area (Å²) >= 11 is 0. The van der Waals surface area contributed by atoms with E-state index < -0.39 is 10.0 Å². The van der Waals surface area contributed by atoms with Crippen molar-refractivity contribution in [2.45, 2.75) is 27.2 Å². The van der Waals surface area contributed by atoms with Gasteiger partial charge < -0.3 is 5.32 Å². The van der Waals surface area contributed by atoms with Crippen LogP contribution in [0.3, 0.4) is 0 Å². The molecule has 1 N–H and O–H groups in total. The fourth-order valence-corrected chi connectivity index (χ4v) is 4.57. The first-order chi connectivity index (χ1) is 15.2. The molecule has 3 rings (SSSR count). The number of nitrogens with one attached hydrogen (secondary N) is 1. The van der Waals surface area contributed by atoms with Gasteiger partial charge in [0.05, 0.1) is 17.5 Å². The van der Waals surface area contributed by atoms with Gasteiger partial charge in [-0.25, -0.2) is 17.4 Å². The molecule has 7 nitrogen and oxygen atoms in total. The molecule has 2 aromatic carbocycles. The third-order valence-corrected chi connectivity index (χ3v) is 6.69. The van der Waals surface area contributed by atoms with Crippen LogP contribution in [0.5, 0.6) is 0 Å². The maximum absolute atomic E-state index is 13.1. The van der Waals surface area contributed by atoms with Crippen molar-refractivity contribution >= 4 is 15.9 Å². The lowest BCUT2D eigenvalue weighted by atomic mass is 10.0. The maximum atomic E-state index is 13.1. The van der Waals surface area contributed by atoms with E-state index in [1.807, 2.05) is 56.3 Å². The largest absolute Gasteiger partial charge is 0.352 e. The highest BCUT2D eigenvalue weighted by Gasteiger charge is 2.20. The number of para-hydroxylation sites is 1. The van der Waals surface area contributed by atoms with Gasteiger partial charge in [-0.2, -0.15) is 5.10 Å². The molecule has 0 aliphatic rings. The molecule has 0 saturated carbocycles. The van der Waals surface area contributed by atoms with Crippen LogP contribution >= 0.6 is 0 Å². The van der Waals surface area contributed by atoms with Crippen molar-refractivity contribution in [1.29, 1.82) is 0 Å². The molecule has 3 aromatic rings. The van der Waals surface area contributed by atoms with Gasteiger partial charge in [0.1, 0.15) is 5.69 Å². The first kappa shape index (κ1) is 23.7. The predicted molar refractivity (Wildman–Crippen MR) is 128 cm³/mol. The number of amides is 1. The topological polar surface area (TPSA) is 84.3 Å². The average molecular weight is 455 g/mol. The van der Waals surface area contributed by atoms with Crippen LogP contribution in [0.25, 0.3) is 16.9 Å². The number of aryl methyl sites for hydroxylation is 2. The summed E-state index contributed by atoms with van der Waals surface area (Å²) in [6.07, 6.45) is 3.47. The lowest BCUT2D eigenvalue weighted by Gasteiger charge is -2.17. The molecule has 170 valence electrons. The summed E-state index contributed by atoms with van der Waals surface area (Å²) in [5, 5.41) is 7.65. The molecule has 0 unspecified atom stereocenters. The Balaban J connectivity index is 1.84. The highest BCUT2D eigenvalue weighted by atomic mass is 32.2. The molecule has 0 fully saturated rings. The summed E-state index contributed by atoms with van der Waals surface area (Å²) in [7, 11) is -3.24. The Bertz CT molecular complexity index is 1190. The zero-order valence-corrected chi connectivity index (χ0v) is 19.8. The Labute approximate surface area is 190 Å². The fraction of sp³-hybridized carbons (Fsp3) is 0.333. The Hall–Kier alpha value is -2.97. The molecule has 1 heterocycles. The quantitative estimate of drug-likeness (QED) is 0.501. The Morgan fingerprint density at radius 2 is 1.84 bits per heavy atom. The minimum absolute atomic E-state index is 0.232. The predicted octanol–water partition coefficient (Wildman–Crippen LogP) is 3.56. The van der Waals surface area contributed by atoms with E-state index >= 15 is 0 Å². The van der Waals surface area contributed by atoms with Crippen molar-refractivity contribution in [2.75, 3.05) is 25.9 Å². The van der Waals surface area contributed by atoms with E-state index in [0.717, 1.165) is 22.4 Å². The zero-order valence-electron chi connectivity index (χ0n) is 19.0. The van der Waals surface area contributed by atoms with Gasteiger partial charge in [0, 0.05) is 31.4 Å². The monoisotopic (exact) mass is 454 g/mol. The molecule has 32 heavy (non-hydrogen) atoms. The maximum Gasteiger partial charge on any atom is 0.255 e. The van der Waals surface area contributed by atoms with Gasteiger partial charge in [0.25, 0.3) is 5.91 Å². The first-order valence-electron chi connectivity index (χ1n) is 10.7. The molecule has 0 atom stereocenters. The van der Waals surface area contributed by atoms with E-state index in [2.05, 4.69) is 11.4 Å². The minimum Gasteiger partial charge on any atom is -0.352 e. The number of nitrogens with zero attached hydrogens (tertiary/aromatic N) is 3. The first-order valence-corrected chi connectivity index (χ1v) is 12.5. The Kier molecular flexibility index (Phi) is 7.48. The summed E-state index contributed by atoms with van der Waals surface area (Å²) in [5.41, 5.74) is 5.07. The van der Waals surface area contributed by atoms with Crippen LogP contribution < -0.4 is 5.32 Å². The van der Waals surface area contributed by atoms with Crippen molar-refractivity contribution in [1.82, 2.24) is 19.4 Å². The van der Waals surface area contributed by atoms with Crippen molar-refractivity contribution in [3.63, 3.8) is 0 Å². The SMILES string of the molecule is CCN(CCCNC(=O)c1cn(-c2ccccc2)nc1-c1ccc(C)cc1C)S(C)(=O)=O. The number of carbonyl (C=O) groups is 1. The van der Waals surface area contributed by atoms with E-state index in [9.17, 15) is 13.2 Å². The molecule has 0 radical (unpaired) electrons. The molecular formula is C24H30N4O3S. The number of benzene rings is 2. The Morgan fingerprint density at radius 1 is 1.12 bits per heavy atom. The van der Waals surface area contributed by atoms with Crippen molar-refractivity contribution in [3.05, 3.63) is 71.4 Å². The van der Waals surface area contributed by atoms with Crippen LogP contribution in [0.1, 0.15) is 34.8 Å². The molecule has 8 heteroatoms. The third-order valence-electron chi connectivity index (χ3n) is 5.31. The van der Waals surface area contributed by atoms with Gasteiger partial charge >= 0.3 is 0 Å². The highest BCUT2D eigenvalue weighted by Crippen LogP contribution is 2.27. The zero-order chi connectivity index (χ0) is 23.3. The summed E-state index contributed by atoms with van der Waals surface area (Å²) < 4.78 is 26.6. The summed E-state index contributed by atoms with van der Waals surface area (Å²) in [4.78, 5) is 13.1.